The van der Waals surface area contributed by atoms with E-state index in [0.29, 0.717) is 5.82 Å². The van der Waals surface area contributed by atoms with Crippen molar-refractivity contribution in [3.63, 3.8) is 0 Å². The minimum atomic E-state index is 0.559. The molecule has 1 aromatic heterocycles. The Morgan fingerprint density at radius 3 is 2.60 bits per heavy atom. The first kappa shape index (κ1) is 10.2. The summed E-state index contributed by atoms with van der Waals surface area (Å²) in [5, 5.41) is 0. The molecule has 3 heteroatoms. The van der Waals surface area contributed by atoms with Crippen molar-refractivity contribution in [3.8, 4) is 11.1 Å². The summed E-state index contributed by atoms with van der Waals surface area (Å²) in [6.45, 7) is 2.03. The molecule has 0 fully saturated rings. The minimum Gasteiger partial charge on any atom is -0.384 e. The van der Waals surface area contributed by atoms with Crippen LogP contribution in [0.25, 0.3) is 11.1 Å². The Morgan fingerprint density at radius 2 is 1.93 bits per heavy atom. The van der Waals surface area contributed by atoms with E-state index < -0.39 is 0 Å². The Hall–Kier alpha value is -1.35. The summed E-state index contributed by atoms with van der Waals surface area (Å²) in [6, 6.07) is 9.97. The maximum absolute atomic E-state index is 5.62. The standard InChI is InChI=1S/C12H11BrN2/c1-8-6-12(14)15-7-10(8)9-4-2-3-5-11(9)13/h2-7H,1H3,(H2,14,15). The Balaban J connectivity index is 2.60. The molecule has 0 spiro atoms. The topological polar surface area (TPSA) is 38.9 Å². The van der Waals surface area contributed by atoms with E-state index in [2.05, 4.69) is 27.0 Å². The van der Waals surface area contributed by atoms with Crippen LogP contribution < -0.4 is 5.73 Å². The molecule has 0 aliphatic heterocycles. The molecule has 1 aromatic carbocycles. The lowest BCUT2D eigenvalue weighted by atomic mass is 10.0. The average Bonchev–Trinajstić information content (AvgIpc) is 2.20. The van der Waals surface area contributed by atoms with Crippen LogP contribution >= 0.6 is 15.9 Å². The lowest BCUT2D eigenvalue weighted by Gasteiger charge is -2.07. The van der Waals surface area contributed by atoms with Gasteiger partial charge in [-0.15, -0.1) is 0 Å². The van der Waals surface area contributed by atoms with Crippen LogP contribution in [0.5, 0.6) is 0 Å². The lowest BCUT2D eigenvalue weighted by molar-refractivity contribution is 1.29. The predicted molar refractivity (Wildman–Crippen MR) is 66.5 cm³/mol. The van der Waals surface area contributed by atoms with Gasteiger partial charge < -0.3 is 5.73 Å². The number of nitrogen functional groups attached to an aromatic ring is 1. The summed E-state index contributed by atoms with van der Waals surface area (Å²) in [5.41, 5.74) is 9.00. The molecule has 0 atom stereocenters. The Morgan fingerprint density at radius 1 is 1.20 bits per heavy atom. The largest absolute Gasteiger partial charge is 0.384 e. The van der Waals surface area contributed by atoms with Gasteiger partial charge in [-0.05, 0) is 30.2 Å². The highest BCUT2D eigenvalue weighted by Gasteiger charge is 2.05. The van der Waals surface area contributed by atoms with Crippen LogP contribution in [0.4, 0.5) is 5.82 Å². The first-order valence-corrected chi connectivity index (χ1v) is 5.45. The van der Waals surface area contributed by atoms with Crippen molar-refractivity contribution in [1.29, 1.82) is 0 Å². The van der Waals surface area contributed by atoms with Crippen molar-refractivity contribution in [2.45, 2.75) is 6.92 Å². The number of nitrogens with two attached hydrogens (primary N) is 1. The number of hydrogen-bond donors (Lipinski definition) is 1. The molecule has 1 heterocycles. The van der Waals surface area contributed by atoms with Crippen LogP contribution in [0, 0.1) is 6.92 Å². The summed E-state index contributed by atoms with van der Waals surface area (Å²) in [6.07, 6.45) is 1.81. The van der Waals surface area contributed by atoms with Crippen LogP contribution in [0.1, 0.15) is 5.56 Å². The highest BCUT2D eigenvalue weighted by molar-refractivity contribution is 9.10. The molecule has 15 heavy (non-hydrogen) atoms. The molecule has 2 nitrogen and oxygen atoms in total. The van der Waals surface area contributed by atoms with Crippen molar-refractivity contribution in [1.82, 2.24) is 4.98 Å². The number of aryl methyl sites for hydroxylation is 1. The summed E-state index contributed by atoms with van der Waals surface area (Å²) in [7, 11) is 0. The quantitative estimate of drug-likeness (QED) is 0.856. The van der Waals surface area contributed by atoms with Crippen molar-refractivity contribution < 1.29 is 0 Å². The highest BCUT2D eigenvalue weighted by Crippen LogP contribution is 2.30. The van der Waals surface area contributed by atoms with Crippen molar-refractivity contribution in [3.05, 3.63) is 46.6 Å². The first-order valence-electron chi connectivity index (χ1n) is 4.65. The third-order valence-corrected chi connectivity index (χ3v) is 2.99. The van der Waals surface area contributed by atoms with Crippen molar-refractivity contribution in [2.75, 3.05) is 5.73 Å². The average molecular weight is 263 g/mol. The van der Waals surface area contributed by atoms with Crippen LogP contribution in [-0.2, 0) is 0 Å². The lowest BCUT2D eigenvalue weighted by Crippen LogP contribution is -1.93. The van der Waals surface area contributed by atoms with Crippen LogP contribution in [0.3, 0.4) is 0 Å². The van der Waals surface area contributed by atoms with Gasteiger partial charge >= 0.3 is 0 Å². The Bertz CT molecular complexity index is 495. The zero-order valence-electron chi connectivity index (χ0n) is 8.37. The number of hydrogen-bond acceptors (Lipinski definition) is 2. The normalized spacial score (nSPS) is 10.3. The molecule has 0 unspecified atom stereocenters. The van der Waals surface area contributed by atoms with Gasteiger partial charge in [0.05, 0.1) is 0 Å². The summed E-state index contributed by atoms with van der Waals surface area (Å²) in [4.78, 5) is 4.11. The van der Waals surface area contributed by atoms with Gasteiger partial charge in [0.2, 0.25) is 0 Å². The molecule has 0 saturated carbocycles. The third-order valence-electron chi connectivity index (χ3n) is 2.30. The van der Waals surface area contributed by atoms with Gasteiger partial charge in [-0.1, -0.05) is 34.1 Å². The fraction of sp³-hybridized carbons (Fsp3) is 0.0833. The summed E-state index contributed by atoms with van der Waals surface area (Å²) < 4.78 is 1.07. The number of halogens is 1. The van der Waals surface area contributed by atoms with Crippen molar-refractivity contribution in [2.24, 2.45) is 0 Å². The van der Waals surface area contributed by atoms with Crippen molar-refractivity contribution >= 4 is 21.7 Å². The molecule has 0 amide bonds. The molecular weight excluding hydrogens is 252 g/mol. The van der Waals surface area contributed by atoms with E-state index in [1.54, 1.807) is 0 Å². The van der Waals surface area contributed by atoms with Gasteiger partial charge in [-0.2, -0.15) is 0 Å². The van der Waals surface area contributed by atoms with Gasteiger partial charge in [0.1, 0.15) is 5.82 Å². The number of anilines is 1. The molecule has 0 bridgehead atoms. The number of benzene rings is 1. The second kappa shape index (κ2) is 4.03. The molecule has 2 rings (SSSR count). The highest BCUT2D eigenvalue weighted by atomic mass is 79.9. The molecule has 2 N–H and O–H groups in total. The molecule has 2 aromatic rings. The second-order valence-electron chi connectivity index (χ2n) is 3.40. The Labute approximate surface area is 97.3 Å². The summed E-state index contributed by atoms with van der Waals surface area (Å²) in [5.74, 6) is 0.559. The number of rotatable bonds is 1. The van der Waals surface area contributed by atoms with E-state index in [1.165, 1.54) is 0 Å². The zero-order valence-corrected chi connectivity index (χ0v) is 9.95. The monoisotopic (exact) mass is 262 g/mol. The van der Waals surface area contributed by atoms with Gasteiger partial charge in [0.15, 0.2) is 0 Å². The van der Waals surface area contributed by atoms with Crippen LogP contribution in [-0.4, -0.2) is 4.98 Å². The van der Waals surface area contributed by atoms with Gasteiger partial charge in [0, 0.05) is 16.2 Å². The number of pyridine rings is 1. The van der Waals surface area contributed by atoms with Gasteiger partial charge in [-0.3, -0.25) is 0 Å². The molecule has 0 saturated heterocycles. The van der Waals surface area contributed by atoms with Crippen LogP contribution in [0.2, 0.25) is 0 Å². The molecule has 76 valence electrons. The van der Waals surface area contributed by atoms with Gasteiger partial charge in [0.25, 0.3) is 0 Å². The van der Waals surface area contributed by atoms with E-state index >= 15 is 0 Å². The maximum Gasteiger partial charge on any atom is 0.123 e. The zero-order chi connectivity index (χ0) is 10.8. The molecule has 0 radical (unpaired) electrons. The first-order chi connectivity index (χ1) is 7.18. The fourth-order valence-corrected chi connectivity index (χ4v) is 2.04. The molecule has 0 aliphatic rings. The summed E-state index contributed by atoms with van der Waals surface area (Å²) >= 11 is 3.53. The van der Waals surface area contributed by atoms with E-state index in [4.69, 9.17) is 5.73 Å². The second-order valence-corrected chi connectivity index (χ2v) is 4.26. The van der Waals surface area contributed by atoms with E-state index in [-0.39, 0.29) is 0 Å². The number of aromatic nitrogens is 1. The Kier molecular flexibility index (Phi) is 2.73. The van der Waals surface area contributed by atoms with Gasteiger partial charge in [-0.25, -0.2) is 4.98 Å². The predicted octanol–water partition coefficient (Wildman–Crippen LogP) is 3.40. The minimum absolute atomic E-state index is 0.559. The van der Waals surface area contributed by atoms with Crippen LogP contribution in [0.15, 0.2) is 41.0 Å². The smallest absolute Gasteiger partial charge is 0.123 e. The fourth-order valence-electron chi connectivity index (χ4n) is 1.54. The number of nitrogens with zero attached hydrogens (tertiary/aromatic N) is 1. The molecule has 0 aliphatic carbocycles. The van der Waals surface area contributed by atoms with E-state index in [1.807, 2.05) is 37.4 Å². The third kappa shape index (κ3) is 2.02. The van der Waals surface area contributed by atoms with E-state index in [0.717, 1.165) is 21.2 Å². The van der Waals surface area contributed by atoms with E-state index in [9.17, 15) is 0 Å². The molecular formula is C12H11BrN2. The maximum atomic E-state index is 5.62. The SMILES string of the molecule is Cc1cc(N)ncc1-c1ccccc1Br.